The summed E-state index contributed by atoms with van der Waals surface area (Å²) < 4.78 is 20.6. The molecule has 1 saturated heterocycles. The molecule has 0 aliphatic carbocycles. The number of esters is 1. The summed E-state index contributed by atoms with van der Waals surface area (Å²) >= 11 is 0. The first-order valence-corrected chi connectivity index (χ1v) is 7.04. The Bertz CT molecular complexity index is 283. The van der Waals surface area contributed by atoms with Crippen molar-refractivity contribution in [2.75, 3.05) is 48.1 Å². The molecule has 0 bridgehead atoms. The molecule has 6 heteroatoms. The van der Waals surface area contributed by atoms with Crippen LogP contribution in [0.4, 0.5) is 0 Å². The Morgan fingerprint density at radius 2 is 1.95 bits per heavy atom. The molecule has 0 radical (unpaired) electrons. The van der Waals surface area contributed by atoms with E-state index < -0.39 is 0 Å². The van der Waals surface area contributed by atoms with Crippen molar-refractivity contribution >= 4 is 5.97 Å². The first-order chi connectivity index (χ1) is 9.65. The fourth-order valence-corrected chi connectivity index (χ4v) is 2.67. The van der Waals surface area contributed by atoms with Crippen molar-refractivity contribution in [2.45, 2.75) is 31.7 Å². The highest BCUT2D eigenvalue weighted by Crippen LogP contribution is 2.21. The summed E-state index contributed by atoms with van der Waals surface area (Å²) in [6, 6.07) is 0. The van der Waals surface area contributed by atoms with Crippen LogP contribution >= 0.6 is 0 Å². The minimum Gasteiger partial charge on any atom is -0.469 e. The third kappa shape index (κ3) is 5.01. The largest absolute Gasteiger partial charge is 0.469 e. The molecule has 1 aliphatic rings. The van der Waals surface area contributed by atoms with Crippen molar-refractivity contribution in [3.05, 3.63) is 0 Å². The van der Waals surface area contributed by atoms with E-state index in [0.29, 0.717) is 6.54 Å². The first kappa shape index (κ1) is 17.4. The van der Waals surface area contributed by atoms with Crippen molar-refractivity contribution < 1.29 is 23.7 Å². The molecule has 6 nitrogen and oxygen atoms in total. The topological polar surface area (TPSA) is 57.2 Å². The highest BCUT2D eigenvalue weighted by molar-refractivity contribution is 5.73. The Balaban J connectivity index is 2.39. The number of nitrogens with zero attached hydrogens (tertiary/aromatic N) is 1. The lowest BCUT2D eigenvalue weighted by Gasteiger charge is -2.36. The number of carbonyl (C=O) groups excluding carboxylic acids is 1. The summed E-state index contributed by atoms with van der Waals surface area (Å²) in [4.78, 5) is 14.1. The van der Waals surface area contributed by atoms with E-state index in [1.54, 1.807) is 21.3 Å². The molecule has 0 aromatic carbocycles. The normalized spacial score (nSPS) is 24.1. The van der Waals surface area contributed by atoms with Gasteiger partial charge >= 0.3 is 5.97 Å². The molecule has 118 valence electrons. The molecule has 1 aliphatic heterocycles. The van der Waals surface area contributed by atoms with Gasteiger partial charge in [-0.05, 0) is 25.8 Å². The van der Waals surface area contributed by atoms with Crippen LogP contribution in [-0.4, -0.2) is 71.3 Å². The van der Waals surface area contributed by atoms with Crippen molar-refractivity contribution in [3.63, 3.8) is 0 Å². The molecule has 20 heavy (non-hydrogen) atoms. The molecule has 1 heterocycles. The van der Waals surface area contributed by atoms with Gasteiger partial charge in [0.05, 0.1) is 19.1 Å². The molecular weight excluding hydrogens is 262 g/mol. The number of methoxy groups -OCH3 is 4. The summed E-state index contributed by atoms with van der Waals surface area (Å²) in [5.41, 5.74) is 0. The van der Waals surface area contributed by atoms with Gasteiger partial charge in [-0.15, -0.1) is 0 Å². The van der Waals surface area contributed by atoms with Crippen LogP contribution in [0.1, 0.15) is 19.3 Å². The van der Waals surface area contributed by atoms with Crippen LogP contribution in [-0.2, 0) is 23.7 Å². The van der Waals surface area contributed by atoms with Gasteiger partial charge in [-0.2, -0.15) is 0 Å². The lowest BCUT2D eigenvalue weighted by molar-refractivity contribution is -0.154. The van der Waals surface area contributed by atoms with Gasteiger partial charge in [0.25, 0.3) is 0 Å². The molecule has 0 unspecified atom stereocenters. The number of carbonyl (C=O) groups is 1. The van der Waals surface area contributed by atoms with E-state index in [4.69, 9.17) is 18.9 Å². The standard InChI is InChI=1S/C14H27NO5/c1-17-12-7-9-15(10-11(12)14(16)20-4)8-5-6-13(18-2)19-3/h11-13H,5-10H2,1-4H3/t11-,12+/m0/s1. The van der Waals surface area contributed by atoms with Gasteiger partial charge in [0.1, 0.15) is 0 Å². The molecule has 1 fully saturated rings. The quantitative estimate of drug-likeness (QED) is 0.489. The zero-order valence-corrected chi connectivity index (χ0v) is 13.0. The Morgan fingerprint density at radius 3 is 2.50 bits per heavy atom. The average molecular weight is 289 g/mol. The van der Waals surface area contributed by atoms with E-state index in [1.807, 2.05) is 0 Å². The second-order valence-electron chi connectivity index (χ2n) is 5.04. The van der Waals surface area contributed by atoms with Gasteiger partial charge in [-0.1, -0.05) is 0 Å². The third-order valence-electron chi connectivity index (χ3n) is 3.88. The fraction of sp³-hybridized carbons (Fsp3) is 0.929. The molecule has 0 spiro atoms. The van der Waals surface area contributed by atoms with Crippen LogP contribution in [0, 0.1) is 5.92 Å². The average Bonchev–Trinajstić information content (AvgIpc) is 2.50. The van der Waals surface area contributed by atoms with E-state index in [2.05, 4.69) is 4.90 Å². The van der Waals surface area contributed by atoms with Crippen LogP contribution < -0.4 is 0 Å². The SMILES string of the molecule is COC(=O)[C@H]1CN(CCCC(OC)OC)CC[C@H]1OC. The van der Waals surface area contributed by atoms with Crippen LogP contribution in [0.5, 0.6) is 0 Å². The van der Waals surface area contributed by atoms with E-state index in [0.717, 1.165) is 32.4 Å². The second kappa shape index (κ2) is 9.28. The van der Waals surface area contributed by atoms with Crippen LogP contribution in [0.3, 0.4) is 0 Å². The van der Waals surface area contributed by atoms with Gasteiger partial charge in [-0.25, -0.2) is 0 Å². The number of hydrogen-bond donors (Lipinski definition) is 0. The maximum absolute atomic E-state index is 11.8. The van der Waals surface area contributed by atoms with Crippen molar-refractivity contribution in [3.8, 4) is 0 Å². The highest BCUT2D eigenvalue weighted by atomic mass is 16.7. The van der Waals surface area contributed by atoms with Gasteiger partial charge in [-0.3, -0.25) is 4.79 Å². The van der Waals surface area contributed by atoms with Gasteiger partial charge < -0.3 is 23.8 Å². The number of ether oxygens (including phenoxy) is 4. The molecule has 1 rings (SSSR count). The summed E-state index contributed by atoms with van der Waals surface area (Å²) in [7, 11) is 6.37. The van der Waals surface area contributed by atoms with E-state index in [1.165, 1.54) is 7.11 Å². The number of hydrogen-bond acceptors (Lipinski definition) is 6. The minimum absolute atomic E-state index is 0.0376. The van der Waals surface area contributed by atoms with Gasteiger partial charge in [0, 0.05) is 34.4 Å². The summed E-state index contributed by atoms with van der Waals surface area (Å²) in [5.74, 6) is -0.382. The van der Waals surface area contributed by atoms with Crippen molar-refractivity contribution in [1.82, 2.24) is 4.90 Å². The molecular formula is C14H27NO5. The van der Waals surface area contributed by atoms with Crippen molar-refractivity contribution in [2.24, 2.45) is 5.92 Å². The maximum atomic E-state index is 11.8. The Hall–Kier alpha value is -0.690. The molecule has 0 saturated carbocycles. The lowest BCUT2D eigenvalue weighted by atomic mass is 9.94. The van der Waals surface area contributed by atoms with E-state index >= 15 is 0 Å². The zero-order chi connectivity index (χ0) is 15.0. The lowest BCUT2D eigenvalue weighted by Crippen LogP contribution is -2.47. The molecule has 0 aromatic heterocycles. The van der Waals surface area contributed by atoms with Gasteiger partial charge in [0.2, 0.25) is 0 Å². The minimum atomic E-state index is -0.195. The van der Waals surface area contributed by atoms with E-state index in [-0.39, 0.29) is 24.3 Å². The van der Waals surface area contributed by atoms with E-state index in [9.17, 15) is 4.79 Å². The fourth-order valence-electron chi connectivity index (χ4n) is 2.67. The van der Waals surface area contributed by atoms with Crippen LogP contribution in [0.15, 0.2) is 0 Å². The Labute approximate surface area is 121 Å². The van der Waals surface area contributed by atoms with Crippen molar-refractivity contribution in [1.29, 1.82) is 0 Å². The predicted octanol–water partition coefficient (Wildman–Crippen LogP) is 0.895. The number of piperidine rings is 1. The summed E-state index contributed by atoms with van der Waals surface area (Å²) in [6.07, 6.45) is 2.49. The Morgan fingerprint density at radius 1 is 1.25 bits per heavy atom. The number of likely N-dealkylation sites (tertiary alicyclic amines) is 1. The highest BCUT2D eigenvalue weighted by Gasteiger charge is 2.35. The van der Waals surface area contributed by atoms with Crippen LogP contribution in [0.25, 0.3) is 0 Å². The zero-order valence-electron chi connectivity index (χ0n) is 13.0. The molecule has 0 aromatic rings. The smallest absolute Gasteiger partial charge is 0.312 e. The second-order valence-corrected chi connectivity index (χ2v) is 5.04. The molecule has 2 atom stereocenters. The predicted molar refractivity (Wildman–Crippen MR) is 74.4 cm³/mol. The summed E-state index contributed by atoms with van der Waals surface area (Å²) in [5, 5.41) is 0. The van der Waals surface area contributed by atoms with Gasteiger partial charge in [0.15, 0.2) is 6.29 Å². The third-order valence-corrected chi connectivity index (χ3v) is 3.88. The molecule has 0 amide bonds. The number of rotatable bonds is 8. The van der Waals surface area contributed by atoms with Crippen LogP contribution in [0.2, 0.25) is 0 Å². The maximum Gasteiger partial charge on any atom is 0.312 e. The summed E-state index contributed by atoms with van der Waals surface area (Å²) in [6.45, 7) is 2.56. The Kier molecular flexibility index (Phi) is 8.06. The monoisotopic (exact) mass is 289 g/mol. The first-order valence-electron chi connectivity index (χ1n) is 7.04. The molecule has 0 N–H and O–H groups in total.